The van der Waals surface area contributed by atoms with Crippen molar-refractivity contribution >= 4 is 47.0 Å². The van der Waals surface area contributed by atoms with Gasteiger partial charge in [0.2, 0.25) is 5.91 Å². The van der Waals surface area contributed by atoms with Crippen LogP contribution in [0.5, 0.6) is 0 Å². The number of carboxylic acid groups (broad SMARTS) is 1. The summed E-state index contributed by atoms with van der Waals surface area (Å²) >= 11 is 2.63. The minimum absolute atomic E-state index is 0. The molecule has 1 saturated heterocycles. The normalized spacial score (nSPS) is 23.1. The number of nitrogens with zero attached hydrogens (tertiary/aromatic N) is 2. The molecule has 0 aromatic carbocycles. The number of aliphatic hydroxyl groups is 1. The molecule has 3 rings (SSSR count). The van der Waals surface area contributed by atoms with Crippen molar-refractivity contribution in [3.05, 3.63) is 32.1 Å². The van der Waals surface area contributed by atoms with Gasteiger partial charge in [0.1, 0.15) is 6.61 Å². The molecule has 9 nitrogen and oxygen atoms in total. The first-order valence-corrected chi connectivity index (χ1v) is 11.4. The van der Waals surface area contributed by atoms with Gasteiger partial charge in [0.25, 0.3) is 0 Å². The summed E-state index contributed by atoms with van der Waals surface area (Å²) in [5.74, 6) is -2.99. The van der Waals surface area contributed by atoms with E-state index in [2.05, 4.69) is 4.98 Å². The number of carboxylic acids is 1. The predicted molar refractivity (Wildman–Crippen MR) is 112 cm³/mol. The summed E-state index contributed by atoms with van der Waals surface area (Å²) in [7, 11) is 0. The maximum Gasteiger partial charge on any atom is 1.00 e. The Labute approximate surface area is 216 Å². The van der Waals surface area contributed by atoms with Crippen molar-refractivity contribution in [1.29, 1.82) is 0 Å². The van der Waals surface area contributed by atoms with E-state index in [4.69, 9.17) is 9.47 Å². The van der Waals surface area contributed by atoms with E-state index >= 15 is 0 Å². The number of aliphatic carboxylic acids is 1. The number of amides is 1. The molecule has 2 aliphatic rings. The molecule has 0 saturated carbocycles. The van der Waals surface area contributed by atoms with E-state index in [1.165, 1.54) is 41.8 Å². The Morgan fingerprint density at radius 1 is 1.44 bits per heavy atom. The molecule has 4 atom stereocenters. The number of β-lactam (4-membered cyclic amide) rings is 1. The van der Waals surface area contributed by atoms with E-state index in [1.807, 2.05) is 13.0 Å². The van der Waals surface area contributed by atoms with Crippen LogP contribution in [0.1, 0.15) is 31.3 Å². The van der Waals surface area contributed by atoms with Gasteiger partial charge >= 0.3 is 35.5 Å². The fourth-order valence-corrected chi connectivity index (χ4v) is 5.55. The van der Waals surface area contributed by atoms with Gasteiger partial charge in [-0.05, 0) is 18.4 Å². The summed E-state index contributed by atoms with van der Waals surface area (Å²) in [6.45, 7) is 5.39. The quantitative estimate of drug-likeness (QED) is 0.167. The van der Waals surface area contributed by atoms with Gasteiger partial charge in [0.05, 0.1) is 59.0 Å². The second-order valence-corrected chi connectivity index (χ2v) is 9.06. The van der Waals surface area contributed by atoms with E-state index in [0.717, 1.165) is 4.88 Å². The molecule has 1 N–H and O–H groups in total. The summed E-state index contributed by atoms with van der Waals surface area (Å²) in [5.41, 5.74) is 2.27. The monoisotopic (exact) mass is 490 g/mol. The number of esters is 1. The van der Waals surface area contributed by atoms with Crippen molar-refractivity contribution in [3.63, 3.8) is 0 Å². The maximum absolute atomic E-state index is 12.3. The molecule has 12 heteroatoms. The summed E-state index contributed by atoms with van der Waals surface area (Å²) < 4.78 is 10.3. The molecule has 3 heterocycles. The van der Waals surface area contributed by atoms with Crippen LogP contribution in [0.25, 0.3) is 6.08 Å². The molecule has 0 aliphatic carbocycles. The molecule has 0 spiro atoms. The standard InChI is InChI=1S/C20H24N2O7S2.Na/c1-10-16-15(11(2)23)19(25)22(16)17(20(26)27)18(10)30-7-4-14-13(21-9-31-14)8-28-5-6-29-12(3)24;/h4,7,9-11,15-16,23H,5-6,8H2,1-3H3,(H,26,27);/q;+1/p-1/b7-4-;/t10-,11-,15-,16-;/m1./s1. The zero-order chi connectivity index (χ0) is 22.7. The van der Waals surface area contributed by atoms with E-state index in [9.17, 15) is 24.6 Å². The number of aliphatic hydroxyl groups excluding tert-OH is 1. The number of thiazole rings is 1. The molecular weight excluding hydrogens is 467 g/mol. The number of thioether (sulfide) groups is 1. The summed E-state index contributed by atoms with van der Waals surface area (Å²) in [6.07, 6.45) is 0.961. The third-order valence-corrected chi connectivity index (χ3v) is 7.09. The van der Waals surface area contributed by atoms with Crippen molar-refractivity contribution < 1.29 is 63.6 Å². The van der Waals surface area contributed by atoms with Gasteiger partial charge in [-0.3, -0.25) is 9.59 Å². The number of carbonyl (C=O) groups is 3. The fourth-order valence-electron chi connectivity index (χ4n) is 3.77. The second-order valence-electron chi connectivity index (χ2n) is 7.23. The summed E-state index contributed by atoms with van der Waals surface area (Å²) in [4.78, 5) is 41.7. The van der Waals surface area contributed by atoms with Crippen molar-refractivity contribution in [2.75, 3.05) is 13.2 Å². The Kier molecular flexibility index (Phi) is 9.95. The molecule has 0 unspecified atom stereocenters. The largest absolute Gasteiger partial charge is 1.00 e. The molecule has 1 amide bonds. The van der Waals surface area contributed by atoms with Crippen LogP contribution in [0.2, 0.25) is 0 Å². The van der Waals surface area contributed by atoms with Gasteiger partial charge in [-0.2, -0.15) is 0 Å². The van der Waals surface area contributed by atoms with E-state index in [-0.39, 0.29) is 78.9 Å². The van der Waals surface area contributed by atoms with Crippen molar-refractivity contribution in [2.45, 2.75) is 39.5 Å². The van der Waals surface area contributed by atoms with Crippen molar-refractivity contribution in [3.8, 4) is 0 Å². The topological polar surface area (TPSA) is 129 Å². The molecule has 0 bridgehead atoms. The van der Waals surface area contributed by atoms with Crippen molar-refractivity contribution in [1.82, 2.24) is 9.88 Å². The minimum atomic E-state index is -1.40. The van der Waals surface area contributed by atoms with Crippen LogP contribution in [0.4, 0.5) is 0 Å². The number of rotatable bonds is 10. The number of fused-ring (bicyclic) bond motifs is 1. The number of ether oxygens (including phenoxy) is 2. The van der Waals surface area contributed by atoms with Crippen LogP contribution in [-0.2, 0) is 30.5 Å². The number of hydrogen-bond donors (Lipinski definition) is 1. The SMILES string of the molecule is CC(=O)OCCOCc1ncsc1/C=C\SC1=C(C(=O)[O-])N2C(=O)[C@H]([C@@H](C)O)[C@H]2[C@H]1C.[Na+]. The Hall–Kier alpha value is -1.21. The average Bonchev–Trinajstić information content (AvgIpc) is 3.22. The zero-order valence-corrected chi connectivity index (χ0v) is 21.9. The Balaban J connectivity index is 0.00000363. The smallest absolute Gasteiger partial charge is 0.543 e. The Morgan fingerprint density at radius 2 is 2.16 bits per heavy atom. The second kappa shape index (κ2) is 11.8. The number of aromatic nitrogens is 1. The molecule has 1 aromatic rings. The predicted octanol–water partition coefficient (Wildman–Crippen LogP) is -2.25. The van der Waals surface area contributed by atoms with E-state index < -0.39 is 18.0 Å². The van der Waals surface area contributed by atoms with Crippen LogP contribution in [0.3, 0.4) is 0 Å². The molecular formula is C20H23N2NaO7S2. The van der Waals surface area contributed by atoms with Crippen LogP contribution < -0.4 is 34.7 Å². The van der Waals surface area contributed by atoms with Gasteiger partial charge < -0.3 is 29.4 Å². The molecule has 1 aromatic heterocycles. The van der Waals surface area contributed by atoms with Crippen molar-refractivity contribution in [2.24, 2.45) is 11.8 Å². The maximum atomic E-state index is 12.3. The van der Waals surface area contributed by atoms with Gasteiger partial charge in [-0.15, -0.1) is 11.3 Å². The molecule has 0 radical (unpaired) electrons. The van der Waals surface area contributed by atoms with E-state index in [0.29, 0.717) is 10.6 Å². The van der Waals surface area contributed by atoms with Gasteiger partial charge in [0, 0.05) is 17.7 Å². The van der Waals surface area contributed by atoms with Gasteiger partial charge in [0.15, 0.2) is 0 Å². The van der Waals surface area contributed by atoms with E-state index in [1.54, 1.807) is 10.9 Å². The molecule has 32 heavy (non-hydrogen) atoms. The zero-order valence-electron chi connectivity index (χ0n) is 18.3. The summed E-state index contributed by atoms with van der Waals surface area (Å²) in [6, 6.07) is -0.374. The van der Waals surface area contributed by atoms with Crippen LogP contribution >= 0.6 is 23.1 Å². The minimum Gasteiger partial charge on any atom is -0.543 e. The molecule has 1 fully saturated rings. The van der Waals surface area contributed by atoms with Crippen LogP contribution in [0.15, 0.2) is 21.5 Å². The first kappa shape index (κ1) is 27.0. The Morgan fingerprint density at radius 3 is 2.78 bits per heavy atom. The molecule has 168 valence electrons. The fraction of sp³-hybridized carbons (Fsp3) is 0.500. The average molecular weight is 491 g/mol. The van der Waals surface area contributed by atoms with Gasteiger partial charge in [-0.1, -0.05) is 18.7 Å². The first-order valence-electron chi connectivity index (χ1n) is 9.67. The number of carbonyl (C=O) groups excluding carboxylic acids is 3. The molecule has 2 aliphatic heterocycles. The van der Waals surface area contributed by atoms with Crippen LogP contribution in [0, 0.1) is 11.8 Å². The Bertz CT molecular complexity index is 931. The number of hydrogen-bond acceptors (Lipinski definition) is 10. The van der Waals surface area contributed by atoms with Gasteiger partial charge in [-0.25, -0.2) is 4.98 Å². The van der Waals surface area contributed by atoms with Crippen LogP contribution in [-0.4, -0.2) is 58.2 Å². The third-order valence-electron chi connectivity index (χ3n) is 5.16. The summed E-state index contributed by atoms with van der Waals surface area (Å²) in [5, 5.41) is 23.3. The first-order chi connectivity index (χ1) is 14.7. The third kappa shape index (κ3) is 5.64.